The highest BCUT2D eigenvalue weighted by Crippen LogP contribution is 2.18. The Morgan fingerprint density at radius 2 is 2.25 bits per heavy atom. The van der Waals surface area contributed by atoms with Gasteiger partial charge < -0.3 is 10.5 Å². The van der Waals surface area contributed by atoms with Gasteiger partial charge in [-0.15, -0.1) is 0 Å². The third-order valence-corrected chi connectivity index (χ3v) is 2.46. The van der Waals surface area contributed by atoms with Crippen LogP contribution in [0.15, 0.2) is 12.1 Å². The lowest BCUT2D eigenvalue weighted by Crippen LogP contribution is -2.11. The molecular formula is C12H14N2O2. The van der Waals surface area contributed by atoms with Gasteiger partial charge in [-0.2, -0.15) is 5.26 Å². The van der Waals surface area contributed by atoms with Gasteiger partial charge in [-0.3, -0.25) is 4.79 Å². The molecule has 0 aliphatic rings. The summed E-state index contributed by atoms with van der Waals surface area (Å²) >= 11 is 0. The average molecular weight is 218 g/mol. The third kappa shape index (κ3) is 2.59. The van der Waals surface area contributed by atoms with E-state index in [1.165, 1.54) is 7.11 Å². The van der Waals surface area contributed by atoms with E-state index in [2.05, 4.69) is 10.8 Å². The van der Waals surface area contributed by atoms with Gasteiger partial charge in [-0.1, -0.05) is 0 Å². The van der Waals surface area contributed by atoms with Gasteiger partial charge in [-0.25, -0.2) is 0 Å². The zero-order chi connectivity index (χ0) is 12.1. The summed E-state index contributed by atoms with van der Waals surface area (Å²) in [4.78, 5) is 11.2. The fourth-order valence-electron chi connectivity index (χ4n) is 1.61. The standard InChI is InChI=1S/C12H14N2O2/c1-8-3-9(6-13)4-10(7-14)11(8)5-12(15)16-2/h3-4H,5,7,14H2,1-2H3. The number of aryl methyl sites for hydroxylation is 1. The quantitative estimate of drug-likeness (QED) is 0.769. The molecule has 4 heteroatoms. The number of carbonyl (C=O) groups excluding carboxylic acids is 1. The number of carbonyl (C=O) groups is 1. The van der Waals surface area contributed by atoms with Crippen molar-refractivity contribution in [3.05, 3.63) is 34.4 Å². The van der Waals surface area contributed by atoms with Crippen molar-refractivity contribution >= 4 is 5.97 Å². The van der Waals surface area contributed by atoms with Gasteiger partial charge in [-0.05, 0) is 35.7 Å². The van der Waals surface area contributed by atoms with E-state index >= 15 is 0 Å². The van der Waals surface area contributed by atoms with Crippen LogP contribution in [0.25, 0.3) is 0 Å². The Kier molecular flexibility index (Phi) is 4.03. The zero-order valence-electron chi connectivity index (χ0n) is 9.41. The number of esters is 1. The van der Waals surface area contributed by atoms with E-state index in [-0.39, 0.29) is 12.4 Å². The van der Waals surface area contributed by atoms with Crippen LogP contribution in [0.3, 0.4) is 0 Å². The highest BCUT2D eigenvalue weighted by molar-refractivity contribution is 5.73. The minimum Gasteiger partial charge on any atom is -0.469 e. The molecule has 84 valence electrons. The molecule has 16 heavy (non-hydrogen) atoms. The lowest BCUT2D eigenvalue weighted by atomic mass is 9.96. The summed E-state index contributed by atoms with van der Waals surface area (Å²) in [6, 6.07) is 5.53. The molecule has 0 aromatic heterocycles. The lowest BCUT2D eigenvalue weighted by molar-refractivity contribution is -0.139. The smallest absolute Gasteiger partial charge is 0.309 e. The van der Waals surface area contributed by atoms with E-state index < -0.39 is 0 Å². The second kappa shape index (κ2) is 5.29. The van der Waals surface area contributed by atoms with Crippen molar-refractivity contribution in [3.63, 3.8) is 0 Å². The van der Waals surface area contributed by atoms with Gasteiger partial charge in [0.05, 0.1) is 25.2 Å². The topological polar surface area (TPSA) is 76.1 Å². The Morgan fingerprint density at radius 3 is 2.75 bits per heavy atom. The molecule has 0 aliphatic carbocycles. The summed E-state index contributed by atoms with van der Waals surface area (Å²) in [6.45, 7) is 2.17. The van der Waals surface area contributed by atoms with Crippen LogP contribution >= 0.6 is 0 Å². The summed E-state index contributed by atoms with van der Waals surface area (Å²) in [7, 11) is 1.35. The van der Waals surface area contributed by atoms with Gasteiger partial charge in [0.15, 0.2) is 0 Å². The fraction of sp³-hybridized carbons (Fsp3) is 0.333. The summed E-state index contributed by atoms with van der Waals surface area (Å²) in [5.41, 5.74) is 8.73. The third-order valence-electron chi connectivity index (χ3n) is 2.46. The number of nitrogens with two attached hydrogens (primary N) is 1. The highest BCUT2D eigenvalue weighted by Gasteiger charge is 2.11. The average Bonchev–Trinajstić information content (AvgIpc) is 2.30. The molecule has 0 fully saturated rings. The van der Waals surface area contributed by atoms with Crippen LogP contribution in [-0.2, 0) is 22.5 Å². The van der Waals surface area contributed by atoms with Crippen molar-refractivity contribution in [1.29, 1.82) is 5.26 Å². The molecule has 0 bridgehead atoms. The maximum Gasteiger partial charge on any atom is 0.309 e. The van der Waals surface area contributed by atoms with E-state index in [0.29, 0.717) is 12.1 Å². The molecule has 4 nitrogen and oxygen atoms in total. The molecule has 1 aromatic carbocycles. The van der Waals surface area contributed by atoms with Crippen LogP contribution in [0.4, 0.5) is 0 Å². The number of rotatable bonds is 3. The number of ether oxygens (including phenoxy) is 1. The number of methoxy groups -OCH3 is 1. The van der Waals surface area contributed by atoms with Crippen LogP contribution < -0.4 is 5.73 Å². The first-order valence-corrected chi connectivity index (χ1v) is 4.91. The predicted molar refractivity (Wildman–Crippen MR) is 59.5 cm³/mol. The molecule has 0 amide bonds. The Hall–Kier alpha value is -1.86. The van der Waals surface area contributed by atoms with Crippen LogP contribution in [-0.4, -0.2) is 13.1 Å². The summed E-state index contributed by atoms with van der Waals surface area (Å²) in [5, 5.41) is 8.82. The number of hydrogen-bond donors (Lipinski definition) is 1. The van der Waals surface area contributed by atoms with Crippen molar-refractivity contribution in [2.75, 3.05) is 7.11 Å². The number of nitriles is 1. The van der Waals surface area contributed by atoms with Crippen LogP contribution in [0.5, 0.6) is 0 Å². The SMILES string of the molecule is COC(=O)Cc1c(C)cc(C#N)cc1CN. The molecule has 0 heterocycles. The van der Waals surface area contributed by atoms with E-state index in [1.54, 1.807) is 12.1 Å². The summed E-state index contributed by atoms with van der Waals surface area (Å²) < 4.78 is 4.62. The molecule has 2 N–H and O–H groups in total. The predicted octanol–water partition coefficient (Wildman–Crippen LogP) is 1.04. The lowest BCUT2D eigenvalue weighted by Gasteiger charge is -2.10. The van der Waals surface area contributed by atoms with E-state index in [0.717, 1.165) is 16.7 Å². The fourth-order valence-corrected chi connectivity index (χ4v) is 1.61. The van der Waals surface area contributed by atoms with E-state index in [4.69, 9.17) is 11.0 Å². The van der Waals surface area contributed by atoms with Crippen LogP contribution in [0.2, 0.25) is 0 Å². The molecule has 0 saturated heterocycles. The highest BCUT2D eigenvalue weighted by atomic mass is 16.5. The van der Waals surface area contributed by atoms with Gasteiger partial charge >= 0.3 is 5.97 Å². The van der Waals surface area contributed by atoms with Crippen molar-refractivity contribution in [2.45, 2.75) is 19.9 Å². The summed E-state index contributed by atoms with van der Waals surface area (Å²) in [5.74, 6) is -0.303. The zero-order valence-corrected chi connectivity index (χ0v) is 9.41. The number of benzene rings is 1. The van der Waals surface area contributed by atoms with Crippen molar-refractivity contribution < 1.29 is 9.53 Å². The number of nitrogens with zero attached hydrogens (tertiary/aromatic N) is 1. The monoisotopic (exact) mass is 218 g/mol. The molecule has 1 rings (SSSR count). The Labute approximate surface area is 94.6 Å². The van der Waals surface area contributed by atoms with Gasteiger partial charge in [0.25, 0.3) is 0 Å². The Bertz CT molecular complexity index is 447. The Balaban J connectivity index is 3.17. The van der Waals surface area contributed by atoms with Crippen molar-refractivity contribution in [1.82, 2.24) is 0 Å². The van der Waals surface area contributed by atoms with Crippen molar-refractivity contribution in [3.8, 4) is 6.07 Å². The first-order chi connectivity index (χ1) is 7.62. The molecule has 0 radical (unpaired) electrons. The minimum absolute atomic E-state index is 0.195. The largest absolute Gasteiger partial charge is 0.469 e. The molecule has 0 spiro atoms. The normalized spacial score (nSPS) is 9.62. The second-order valence-electron chi connectivity index (χ2n) is 3.50. The van der Waals surface area contributed by atoms with Gasteiger partial charge in [0.1, 0.15) is 0 Å². The Morgan fingerprint density at radius 1 is 1.56 bits per heavy atom. The maximum absolute atomic E-state index is 11.2. The first kappa shape index (κ1) is 12.2. The molecule has 0 atom stereocenters. The minimum atomic E-state index is -0.303. The molecular weight excluding hydrogens is 204 g/mol. The van der Waals surface area contributed by atoms with Gasteiger partial charge in [0.2, 0.25) is 0 Å². The number of hydrogen-bond acceptors (Lipinski definition) is 4. The summed E-state index contributed by atoms with van der Waals surface area (Å²) in [6.07, 6.45) is 0.195. The van der Waals surface area contributed by atoms with E-state index in [9.17, 15) is 4.79 Å². The molecule has 0 saturated carbocycles. The second-order valence-corrected chi connectivity index (χ2v) is 3.50. The molecule has 1 aromatic rings. The first-order valence-electron chi connectivity index (χ1n) is 4.91. The van der Waals surface area contributed by atoms with E-state index in [1.807, 2.05) is 6.92 Å². The molecule has 0 unspecified atom stereocenters. The molecule has 0 aliphatic heterocycles. The van der Waals surface area contributed by atoms with Crippen LogP contribution in [0.1, 0.15) is 22.3 Å². The maximum atomic E-state index is 11.2. The van der Waals surface area contributed by atoms with Gasteiger partial charge in [0, 0.05) is 6.54 Å². The van der Waals surface area contributed by atoms with Crippen LogP contribution in [0, 0.1) is 18.3 Å². The van der Waals surface area contributed by atoms with Crippen molar-refractivity contribution in [2.24, 2.45) is 5.73 Å².